The van der Waals surface area contributed by atoms with E-state index in [0.717, 1.165) is 5.69 Å². The summed E-state index contributed by atoms with van der Waals surface area (Å²) in [4.78, 5) is 11.6. The molecule has 1 aromatic carbocycles. The molecule has 0 saturated heterocycles. The monoisotopic (exact) mass is 268 g/mol. The minimum atomic E-state index is -0.447. The maximum absolute atomic E-state index is 11.6. The van der Waals surface area contributed by atoms with Gasteiger partial charge in [-0.25, -0.2) is 9.48 Å². The molecule has 3 rings (SSSR count). The van der Waals surface area contributed by atoms with E-state index in [-0.39, 0.29) is 6.61 Å². The summed E-state index contributed by atoms with van der Waals surface area (Å²) in [5.41, 5.74) is 1.97. The molecule has 6 nitrogen and oxygen atoms in total. The van der Waals surface area contributed by atoms with Crippen molar-refractivity contribution in [3.63, 3.8) is 0 Å². The molecule has 0 unspecified atom stereocenters. The lowest BCUT2D eigenvalue weighted by Crippen LogP contribution is -2.06. The number of benzene rings is 1. The van der Waals surface area contributed by atoms with Crippen molar-refractivity contribution in [3.05, 3.63) is 66.2 Å². The van der Waals surface area contributed by atoms with Crippen molar-refractivity contribution >= 4 is 5.97 Å². The first-order valence-electron chi connectivity index (χ1n) is 6.09. The number of esters is 1. The second-order valence-corrected chi connectivity index (χ2v) is 4.13. The van der Waals surface area contributed by atoms with Gasteiger partial charge in [0, 0.05) is 12.4 Å². The van der Waals surface area contributed by atoms with Crippen LogP contribution >= 0.6 is 0 Å². The molecule has 2 aromatic heterocycles. The standard InChI is InChI=1S/C14H12N4O2/c19-14(13-6-8-15-16-13)20-10-11-7-9-18(17-11)12-4-2-1-3-5-12/h1-9H,10H2,(H,15,16). The van der Waals surface area contributed by atoms with E-state index < -0.39 is 5.97 Å². The first-order chi connectivity index (χ1) is 9.83. The molecule has 2 heterocycles. The average molecular weight is 268 g/mol. The maximum Gasteiger partial charge on any atom is 0.356 e. The zero-order chi connectivity index (χ0) is 13.8. The third-order valence-corrected chi connectivity index (χ3v) is 2.74. The van der Waals surface area contributed by atoms with E-state index in [1.54, 1.807) is 10.7 Å². The van der Waals surface area contributed by atoms with Gasteiger partial charge in [-0.1, -0.05) is 18.2 Å². The van der Waals surface area contributed by atoms with Gasteiger partial charge >= 0.3 is 5.97 Å². The minimum absolute atomic E-state index is 0.123. The van der Waals surface area contributed by atoms with Crippen molar-refractivity contribution in [1.82, 2.24) is 20.0 Å². The average Bonchev–Trinajstić information content (AvgIpc) is 3.17. The van der Waals surface area contributed by atoms with Gasteiger partial charge in [-0.15, -0.1) is 0 Å². The zero-order valence-electron chi connectivity index (χ0n) is 10.6. The van der Waals surface area contributed by atoms with E-state index in [9.17, 15) is 4.79 Å². The molecule has 0 bridgehead atoms. The Morgan fingerprint density at radius 2 is 2.05 bits per heavy atom. The predicted molar refractivity (Wildman–Crippen MR) is 71.3 cm³/mol. The topological polar surface area (TPSA) is 72.8 Å². The second-order valence-electron chi connectivity index (χ2n) is 4.13. The fourth-order valence-corrected chi connectivity index (χ4v) is 1.75. The van der Waals surface area contributed by atoms with Crippen molar-refractivity contribution in [2.24, 2.45) is 0 Å². The Kier molecular flexibility index (Phi) is 3.28. The highest BCUT2D eigenvalue weighted by molar-refractivity contribution is 5.86. The van der Waals surface area contributed by atoms with Crippen LogP contribution in [0.5, 0.6) is 0 Å². The fraction of sp³-hybridized carbons (Fsp3) is 0.0714. The number of aromatic nitrogens is 4. The Morgan fingerprint density at radius 3 is 2.80 bits per heavy atom. The summed E-state index contributed by atoms with van der Waals surface area (Å²) in [5, 5.41) is 10.6. The number of nitrogens with zero attached hydrogens (tertiary/aromatic N) is 3. The van der Waals surface area contributed by atoms with Crippen LogP contribution in [0.1, 0.15) is 16.2 Å². The summed E-state index contributed by atoms with van der Waals surface area (Å²) < 4.78 is 6.87. The van der Waals surface area contributed by atoms with Crippen molar-refractivity contribution in [1.29, 1.82) is 0 Å². The Labute approximate surface area is 115 Å². The van der Waals surface area contributed by atoms with Crippen LogP contribution in [0.4, 0.5) is 0 Å². The second kappa shape index (κ2) is 5.40. The number of para-hydroxylation sites is 1. The normalized spacial score (nSPS) is 10.4. The molecule has 20 heavy (non-hydrogen) atoms. The predicted octanol–water partition coefficient (Wildman–Crippen LogP) is 1.95. The Bertz CT molecular complexity index is 689. The molecule has 0 aliphatic carbocycles. The summed E-state index contributed by atoms with van der Waals surface area (Å²) in [6.45, 7) is 0.123. The summed E-state index contributed by atoms with van der Waals surface area (Å²) in [6.07, 6.45) is 3.33. The molecule has 0 atom stereocenters. The van der Waals surface area contributed by atoms with Crippen molar-refractivity contribution < 1.29 is 9.53 Å². The fourth-order valence-electron chi connectivity index (χ4n) is 1.75. The molecular formula is C14H12N4O2. The van der Waals surface area contributed by atoms with Crippen LogP contribution in [0.3, 0.4) is 0 Å². The SMILES string of the molecule is O=C(OCc1ccn(-c2ccccc2)n1)c1ccn[nH]1. The maximum atomic E-state index is 11.6. The third-order valence-electron chi connectivity index (χ3n) is 2.74. The van der Waals surface area contributed by atoms with Gasteiger partial charge in [0.25, 0.3) is 0 Å². The van der Waals surface area contributed by atoms with E-state index in [0.29, 0.717) is 11.4 Å². The molecular weight excluding hydrogens is 256 g/mol. The van der Waals surface area contributed by atoms with Crippen LogP contribution in [0.25, 0.3) is 5.69 Å². The van der Waals surface area contributed by atoms with Crippen LogP contribution in [0, 0.1) is 0 Å². The molecule has 0 aliphatic rings. The van der Waals surface area contributed by atoms with Gasteiger partial charge in [-0.2, -0.15) is 10.2 Å². The van der Waals surface area contributed by atoms with Crippen molar-refractivity contribution in [3.8, 4) is 5.69 Å². The van der Waals surface area contributed by atoms with E-state index in [1.807, 2.05) is 42.6 Å². The van der Waals surface area contributed by atoms with Gasteiger partial charge in [-0.3, -0.25) is 5.10 Å². The quantitative estimate of drug-likeness (QED) is 0.734. The van der Waals surface area contributed by atoms with Gasteiger partial charge in [0.1, 0.15) is 18.0 Å². The molecule has 0 radical (unpaired) electrons. The van der Waals surface area contributed by atoms with Gasteiger partial charge in [0.15, 0.2) is 0 Å². The van der Waals surface area contributed by atoms with Crippen molar-refractivity contribution in [2.45, 2.75) is 6.61 Å². The molecule has 100 valence electrons. The lowest BCUT2D eigenvalue weighted by Gasteiger charge is -2.01. The van der Waals surface area contributed by atoms with Crippen LogP contribution in [-0.4, -0.2) is 25.9 Å². The van der Waals surface area contributed by atoms with Gasteiger partial charge in [0.05, 0.1) is 5.69 Å². The molecule has 6 heteroatoms. The van der Waals surface area contributed by atoms with E-state index in [2.05, 4.69) is 15.3 Å². The smallest absolute Gasteiger partial charge is 0.356 e. The first-order valence-corrected chi connectivity index (χ1v) is 6.09. The van der Waals surface area contributed by atoms with Crippen LogP contribution in [0.2, 0.25) is 0 Å². The molecule has 0 fully saturated rings. The Morgan fingerprint density at radius 1 is 1.20 bits per heavy atom. The van der Waals surface area contributed by atoms with Gasteiger partial charge in [0.2, 0.25) is 0 Å². The largest absolute Gasteiger partial charge is 0.454 e. The van der Waals surface area contributed by atoms with Crippen molar-refractivity contribution in [2.75, 3.05) is 0 Å². The lowest BCUT2D eigenvalue weighted by atomic mass is 10.3. The summed E-state index contributed by atoms with van der Waals surface area (Å²) in [5.74, 6) is -0.447. The summed E-state index contributed by atoms with van der Waals surface area (Å²) in [6, 6.07) is 13.1. The lowest BCUT2D eigenvalue weighted by molar-refractivity contribution is 0.0460. The molecule has 0 saturated carbocycles. The number of rotatable bonds is 4. The number of nitrogens with one attached hydrogen (secondary N) is 1. The minimum Gasteiger partial charge on any atom is -0.454 e. The molecule has 0 amide bonds. The highest BCUT2D eigenvalue weighted by Gasteiger charge is 2.09. The molecule has 3 aromatic rings. The molecule has 0 aliphatic heterocycles. The third kappa shape index (κ3) is 2.59. The Balaban J connectivity index is 1.65. The highest BCUT2D eigenvalue weighted by atomic mass is 16.5. The van der Waals surface area contributed by atoms with Crippen LogP contribution in [0.15, 0.2) is 54.9 Å². The summed E-state index contributed by atoms with van der Waals surface area (Å²) >= 11 is 0. The number of carbonyl (C=O) groups excluding carboxylic acids is 1. The highest BCUT2D eigenvalue weighted by Crippen LogP contribution is 2.08. The van der Waals surface area contributed by atoms with Gasteiger partial charge < -0.3 is 4.74 Å². The number of aromatic amines is 1. The van der Waals surface area contributed by atoms with Crippen LogP contribution in [-0.2, 0) is 11.3 Å². The van der Waals surface area contributed by atoms with Gasteiger partial charge in [-0.05, 0) is 24.3 Å². The van der Waals surface area contributed by atoms with E-state index in [4.69, 9.17) is 4.74 Å². The number of carbonyl (C=O) groups is 1. The number of hydrogen-bond acceptors (Lipinski definition) is 4. The summed E-state index contributed by atoms with van der Waals surface area (Å²) in [7, 11) is 0. The Hall–Kier alpha value is -2.89. The number of hydrogen-bond donors (Lipinski definition) is 1. The number of H-pyrrole nitrogens is 1. The molecule has 1 N–H and O–H groups in total. The molecule has 0 spiro atoms. The van der Waals surface area contributed by atoms with E-state index >= 15 is 0 Å². The van der Waals surface area contributed by atoms with Crippen LogP contribution < -0.4 is 0 Å². The first kappa shape index (κ1) is 12.2. The number of ether oxygens (including phenoxy) is 1. The van der Waals surface area contributed by atoms with E-state index in [1.165, 1.54) is 6.20 Å². The zero-order valence-corrected chi connectivity index (χ0v) is 10.6.